The Morgan fingerprint density at radius 3 is 0.833 bits per heavy atom. The van der Waals surface area contributed by atoms with Gasteiger partial charge in [-0.1, -0.05) is 0 Å². The lowest BCUT2D eigenvalue weighted by Crippen LogP contribution is -2.48. The van der Waals surface area contributed by atoms with Gasteiger partial charge in [-0.3, -0.25) is 48.4 Å². The Morgan fingerprint density at radius 1 is 0.429 bits per heavy atom. The van der Waals surface area contributed by atoms with Crippen LogP contribution in [-0.2, 0) is 38.2 Å². The number of ether oxygens (including phenoxy) is 2. The van der Waals surface area contributed by atoms with E-state index in [4.69, 9.17) is 32.4 Å². The molecule has 42 heavy (non-hydrogen) atoms. The minimum atomic E-state index is -0.722. The molecule has 8 N–H and O–H groups in total. The molecule has 242 valence electrons. The van der Waals surface area contributed by atoms with Gasteiger partial charge in [-0.2, -0.15) is 0 Å². The van der Waals surface area contributed by atoms with Crippen molar-refractivity contribution in [2.75, 3.05) is 78.5 Å². The standard InChI is InChI=1S/C26H50N8O8/c1-25(2,3)41-23(39)17-31(9-11-33(13-19(27)35)14-20(28)36)7-8-32(18-24(40)42-26(4,5)6)10-12-34(15-21(29)37)16-22(30)38/h7-18H2,1-6H3,(H2,27,35)(H2,28,36)(H2,29,37)(H2,30,38). The van der Waals surface area contributed by atoms with Crippen LogP contribution >= 0.6 is 0 Å². The van der Waals surface area contributed by atoms with Crippen LogP contribution in [0, 0.1) is 0 Å². The molecule has 0 bridgehead atoms. The highest BCUT2D eigenvalue weighted by Gasteiger charge is 2.24. The summed E-state index contributed by atoms with van der Waals surface area (Å²) < 4.78 is 10.9. The van der Waals surface area contributed by atoms with Crippen molar-refractivity contribution in [3.63, 3.8) is 0 Å². The maximum Gasteiger partial charge on any atom is 0.320 e. The molecule has 0 radical (unpaired) electrons. The summed E-state index contributed by atoms with van der Waals surface area (Å²) in [7, 11) is 0. The van der Waals surface area contributed by atoms with Crippen LogP contribution in [0.1, 0.15) is 41.5 Å². The molecule has 0 aromatic carbocycles. The van der Waals surface area contributed by atoms with Gasteiger partial charge < -0.3 is 32.4 Å². The van der Waals surface area contributed by atoms with Gasteiger partial charge in [0.25, 0.3) is 0 Å². The topological polar surface area (TPSA) is 238 Å². The van der Waals surface area contributed by atoms with Gasteiger partial charge in [0.15, 0.2) is 0 Å². The molecule has 0 rings (SSSR count). The van der Waals surface area contributed by atoms with Crippen molar-refractivity contribution in [2.45, 2.75) is 52.7 Å². The molecule has 0 saturated carbocycles. The average Bonchev–Trinajstić information content (AvgIpc) is 2.74. The Morgan fingerprint density at radius 2 is 0.643 bits per heavy atom. The van der Waals surface area contributed by atoms with E-state index in [2.05, 4.69) is 0 Å². The Kier molecular flexibility index (Phi) is 16.8. The number of amides is 4. The van der Waals surface area contributed by atoms with Gasteiger partial charge in [0.05, 0.1) is 39.3 Å². The summed E-state index contributed by atoms with van der Waals surface area (Å²) in [5.41, 5.74) is 19.8. The first kappa shape index (κ1) is 38.7. The van der Waals surface area contributed by atoms with E-state index < -0.39 is 46.8 Å². The number of hydrogen-bond donors (Lipinski definition) is 4. The number of esters is 2. The third kappa shape index (κ3) is 22.4. The summed E-state index contributed by atoms with van der Waals surface area (Å²) in [5.74, 6) is -3.56. The first-order valence-electron chi connectivity index (χ1n) is 13.6. The molecule has 0 aromatic rings. The van der Waals surface area contributed by atoms with Crippen molar-refractivity contribution in [1.82, 2.24) is 19.6 Å². The highest BCUT2D eigenvalue weighted by Crippen LogP contribution is 2.09. The summed E-state index contributed by atoms with van der Waals surface area (Å²) in [6, 6.07) is 0. The van der Waals surface area contributed by atoms with E-state index in [9.17, 15) is 28.8 Å². The van der Waals surface area contributed by atoms with Gasteiger partial charge in [0.2, 0.25) is 23.6 Å². The van der Waals surface area contributed by atoms with Crippen molar-refractivity contribution < 1.29 is 38.2 Å². The lowest BCUT2D eigenvalue weighted by atomic mass is 10.2. The van der Waals surface area contributed by atoms with Crippen LogP contribution in [0.2, 0.25) is 0 Å². The molecule has 0 spiro atoms. The molecule has 16 heteroatoms. The maximum absolute atomic E-state index is 12.7. The Labute approximate surface area is 247 Å². The van der Waals surface area contributed by atoms with Crippen LogP contribution in [-0.4, -0.2) is 145 Å². The molecule has 0 fully saturated rings. The first-order valence-corrected chi connectivity index (χ1v) is 13.6. The quantitative estimate of drug-likeness (QED) is 0.0951. The lowest BCUT2D eigenvalue weighted by Gasteiger charge is -2.31. The van der Waals surface area contributed by atoms with Crippen molar-refractivity contribution in [1.29, 1.82) is 0 Å². The van der Waals surface area contributed by atoms with E-state index in [1.165, 1.54) is 9.80 Å². The fraction of sp³-hybridized carbons (Fsp3) is 0.769. The number of primary amides is 4. The number of carbonyl (C=O) groups excluding carboxylic acids is 6. The van der Waals surface area contributed by atoms with E-state index in [1.54, 1.807) is 51.3 Å². The molecule has 0 unspecified atom stereocenters. The molecular formula is C26H50N8O8. The monoisotopic (exact) mass is 602 g/mol. The second-order valence-electron chi connectivity index (χ2n) is 12.0. The van der Waals surface area contributed by atoms with Crippen LogP contribution in [0.4, 0.5) is 0 Å². The first-order chi connectivity index (χ1) is 19.1. The van der Waals surface area contributed by atoms with Crippen LogP contribution in [0.15, 0.2) is 0 Å². The average molecular weight is 603 g/mol. The third-order valence-corrected chi connectivity index (χ3v) is 5.26. The SMILES string of the molecule is CC(C)(C)OC(=O)CN(CCN(CC(N)=O)CC(N)=O)CCN(CCN(CC(N)=O)CC(N)=O)CC(=O)OC(C)(C)C. The molecule has 0 aromatic heterocycles. The zero-order valence-electron chi connectivity index (χ0n) is 25.8. The van der Waals surface area contributed by atoms with Gasteiger partial charge in [-0.25, -0.2) is 0 Å². The van der Waals surface area contributed by atoms with Gasteiger partial charge in [0, 0.05) is 39.3 Å². The molecule has 16 nitrogen and oxygen atoms in total. The number of nitrogens with zero attached hydrogens (tertiary/aromatic N) is 4. The molecule has 0 aliphatic rings. The molecule has 0 heterocycles. The van der Waals surface area contributed by atoms with Gasteiger partial charge in [0.1, 0.15) is 11.2 Å². The Hall–Kier alpha value is -3.34. The molecule has 4 amide bonds. The highest BCUT2D eigenvalue weighted by atomic mass is 16.6. The fourth-order valence-corrected chi connectivity index (χ4v) is 3.81. The number of rotatable bonds is 21. The Balaban J connectivity index is 5.80. The van der Waals surface area contributed by atoms with Crippen molar-refractivity contribution in [3.05, 3.63) is 0 Å². The van der Waals surface area contributed by atoms with Crippen LogP contribution in [0.25, 0.3) is 0 Å². The van der Waals surface area contributed by atoms with Gasteiger partial charge >= 0.3 is 11.9 Å². The predicted molar refractivity (Wildman–Crippen MR) is 154 cm³/mol. The van der Waals surface area contributed by atoms with Crippen LogP contribution < -0.4 is 22.9 Å². The zero-order valence-corrected chi connectivity index (χ0v) is 25.8. The fourth-order valence-electron chi connectivity index (χ4n) is 3.81. The second-order valence-corrected chi connectivity index (χ2v) is 12.0. The molecular weight excluding hydrogens is 552 g/mol. The maximum atomic E-state index is 12.7. The predicted octanol–water partition coefficient (Wildman–Crippen LogP) is -3.18. The molecule has 0 atom stereocenters. The van der Waals surface area contributed by atoms with E-state index in [-0.39, 0.29) is 78.5 Å². The number of nitrogens with two attached hydrogens (primary N) is 4. The smallest absolute Gasteiger partial charge is 0.320 e. The van der Waals surface area contributed by atoms with Crippen molar-refractivity contribution in [3.8, 4) is 0 Å². The normalized spacial score (nSPS) is 12.1. The highest BCUT2D eigenvalue weighted by molar-refractivity contribution is 5.79. The number of carbonyl (C=O) groups is 6. The summed E-state index contributed by atoms with van der Waals surface area (Å²) >= 11 is 0. The second kappa shape index (κ2) is 18.3. The van der Waals surface area contributed by atoms with Gasteiger partial charge in [-0.15, -0.1) is 0 Å². The van der Waals surface area contributed by atoms with Crippen LogP contribution in [0.5, 0.6) is 0 Å². The summed E-state index contributed by atoms with van der Waals surface area (Å²) in [4.78, 5) is 77.7. The summed E-state index contributed by atoms with van der Waals surface area (Å²) in [6.07, 6.45) is 0. The van der Waals surface area contributed by atoms with Crippen LogP contribution in [0.3, 0.4) is 0 Å². The Bertz CT molecular complexity index is 826. The third-order valence-electron chi connectivity index (χ3n) is 5.26. The van der Waals surface area contributed by atoms with E-state index in [1.807, 2.05) is 0 Å². The number of hydrogen-bond acceptors (Lipinski definition) is 12. The largest absolute Gasteiger partial charge is 0.459 e. The summed E-state index contributed by atoms with van der Waals surface area (Å²) in [6.45, 7) is 10.7. The molecule has 0 aliphatic heterocycles. The molecule has 0 saturated heterocycles. The molecule has 0 aliphatic carbocycles. The minimum Gasteiger partial charge on any atom is -0.459 e. The summed E-state index contributed by atoms with van der Waals surface area (Å²) in [5, 5.41) is 0. The van der Waals surface area contributed by atoms with E-state index in [0.717, 1.165) is 0 Å². The minimum absolute atomic E-state index is 0.117. The van der Waals surface area contributed by atoms with E-state index >= 15 is 0 Å². The lowest BCUT2D eigenvalue weighted by molar-refractivity contribution is -0.158. The van der Waals surface area contributed by atoms with E-state index in [0.29, 0.717) is 0 Å². The van der Waals surface area contributed by atoms with Gasteiger partial charge in [-0.05, 0) is 41.5 Å². The van der Waals surface area contributed by atoms with Crippen molar-refractivity contribution >= 4 is 35.6 Å². The van der Waals surface area contributed by atoms with Crippen molar-refractivity contribution in [2.24, 2.45) is 22.9 Å². The zero-order chi connectivity index (χ0) is 32.7.